The van der Waals surface area contributed by atoms with Gasteiger partial charge in [0.25, 0.3) is 5.91 Å². The first-order valence-corrected chi connectivity index (χ1v) is 10.2. The van der Waals surface area contributed by atoms with Crippen LogP contribution >= 0.6 is 11.3 Å². The van der Waals surface area contributed by atoms with Gasteiger partial charge in [-0.25, -0.2) is 9.99 Å². The van der Waals surface area contributed by atoms with Crippen molar-refractivity contribution >= 4 is 45.4 Å². The monoisotopic (exact) mass is 404 g/mol. The molecule has 0 atom stereocenters. The van der Waals surface area contributed by atoms with Crippen molar-refractivity contribution in [3.63, 3.8) is 0 Å². The summed E-state index contributed by atoms with van der Waals surface area (Å²) in [7, 11) is 0. The second-order valence-corrected chi connectivity index (χ2v) is 7.68. The normalized spacial score (nSPS) is 13.9. The number of carbonyl (C=O) groups excluding carboxylic acids is 2. The highest BCUT2D eigenvalue weighted by Gasteiger charge is 2.31. The summed E-state index contributed by atoms with van der Waals surface area (Å²) in [5, 5.41) is 8.26. The Bertz CT molecular complexity index is 1090. The van der Waals surface area contributed by atoms with Crippen molar-refractivity contribution in [3.05, 3.63) is 71.2 Å². The first kappa shape index (κ1) is 19.0. The molecule has 0 unspecified atom stereocenters. The van der Waals surface area contributed by atoms with Gasteiger partial charge in [0.2, 0.25) is 5.91 Å². The molecule has 1 aliphatic heterocycles. The lowest BCUT2D eigenvalue weighted by molar-refractivity contribution is -0.118. The summed E-state index contributed by atoms with van der Waals surface area (Å²) in [4.78, 5) is 32.0. The number of para-hydroxylation sites is 1. The minimum absolute atomic E-state index is 0.122. The quantitative estimate of drug-likeness (QED) is 0.638. The number of carbonyl (C=O) groups is 2. The zero-order valence-corrected chi connectivity index (χ0v) is 17.0. The van der Waals surface area contributed by atoms with E-state index < -0.39 is 0 Å². The number of rotatable bonds is 4. The summed E-state index contributed by atoms with van der Waals surface area (Å²) < 4.78 is 0. The number of aromatic nitrogens is 1. The molecule has 1 aliphatic rings. The van der Waals surface area contributed by atoms with E-state index in [-0.39, 0.29) is 18.2 Å². The number of anilines is 3. The molecule has 29 heavy (non-hydrogen) atoms. The Hall–Kier alpha value is -3.32. The summed E-state index contributed by atoms with van der Waals surface area (Å²) in [6.07, 6.45) is 0.533. The molecule has 2 aromatic carbocycles. The van der Waals surface area contributed by atoms with Crippen molar-refractivity contribution in [1.29, 1.82) is 0 Å². The van der Waals surface area contributed by atoms with Crippen LogP contribution in [-0.4, -0.2) is 22.5 Å². The molecule has 0 bridgehead atoms. The van der Waals surface area contributed by atoms with Gasteiger partial charge in [0, 0.05) is 18.2 Å². The zero-order chi connectivity index (χ0) is 20.4. The van der Waals surface area contributed by atoms with Gasteiger partial charge in [0.1, 0.15) is 5.71 Å². The molecule has 6 nitrogen and oxygen atoms in total. The number of hydrazone groups is 1. The standard InChI is InChI=1S/C22H20N4O2S/c1-15-7-6-10-18(13-15)26-20(27)12-11-19(24-26)21(28)25(17-8-4-3-5-9-17)22-23-16(2)14-29-22/h3-10,13-14H,11-12H2,1-2H3. The number of thiazole rings is 1. The first-order valence-electron chi connectivity index (χ1n) is 9.31. The molecule has 2 heterocycles. The highest BCUT2D eigenvalue weighted by Crippen LogP contribution is 2.30. The highest BCUT2D eigenvalue weighted by atomic mass is 32.1. The third-order valence-corrected chi connectivity index (χ3v) is 5.49. The van der Waals surface area contributed by atoms with E-state index in [1.807, 2.05) is 73.8 Å². The van der Waals surface area contributed by atoms with Gasteiger partial charge in [-0.2, -0.15) is 5.10 Å². The number of hydrogen-bond donors (Lipinski definition) is 0. The number of aryl methyl sites for hydroxylation is 2. The molecular weight excluding hydrogens is 384 g/mol. The molecule has 7 heteroatoms. The third-order valence-electron chi connectivity index (χ3n) is 4.54. The summed E-state index contributed by atoms with van der Waals surface area (Å²) in [5.41, 5.74) is 3.58. The molecule has 0 N–H and O–H groups in total. The Labute approximate surface area is 173 Å². The maximum atomic E-state index is 13.5. The topological polar surface area (TPSA) is 65.9 Å². The van der Waals surface area contributed by atoms with Crippen LogP contribution < -0.4 is 9.91 Å². The van der Waals surface area contributed by atoms with Gasteiger partial charge >= 0.3 is 0 Å². The lowest BCUT2D eigenvalue weighted by Crippen LogP contribution is -2.39. The Kier molecular flexibility index (Phi) is 5.22. The van der Waals surface area contributed by atoms with Crippen LogP contribution in [0.3, 0.4) is 0 Å². The largest absolute Gasteiger partial charge is 0.280 e. The smallest absolute Gasteiger partial charge is 0.273 e. The number of benzene rings is 2. The van der Waals surface area contributed by atoms with E-state index in [9.17, 15) is 9.59 Å². The lowest BCUT2D eigenvalue weighted by Gasteiger charge is -2.26. The van der Waals surface area contributed by atoms with Crippen molar-refractivity contribution < 1.29 is 9.59 Å². The van der Waals surface area contributed by atoms with E-state index >= 15 is 0 Å². The fraction of sp³-hybridized carbons (Fsp3) is 0.182. The van der Waals surface area contributed by atoms with Gasteiger partial charge in [-0.05, 0) is 43.7 Å². The van der Waals surface area contributed by atoms with E-state index in [0.29, 0.717) is 28.6 Å². The van der Waals surface area contributed by atoms with Crippen LogP contribution in [0.4, 0.5) is 16.5 Å². The van der Waals surface area contributed by atoms with Crippen molar-refractivity contribution in [2.24, 2.45) is 5.10 Å². The molecule has 146 valence electrons. The number of nitrogens with zero attached hydrogens (tertiary/aromatic N) is 4. The fourth-order valence-corrected chi connectivity index (χ4v) is 3.95. The van der Waals surface area contributed by atoms with Crippen LogP contribution in [0.1, 0.15) is 24.1 Å². The molecule has 0 spiro atoms. The molecule has 1 aromatic heterocycles. The summed E-state index contributed by atoms with van der Waals surface area (Å²) in [6.45, 7) is 3.85. The number of amides is 2. The molecule has 0 saturated carbocycles. The van der Waals surface area contributed by atoms with Gasteiger partial charge in [0.15, 0.2) is 5.13 Å². The van der Waals surface area contributed by atoms with E-state index in [0.717, 1.165) is 11.3 Å². The number of hydrogen-bond acceptors (Lipinski definition) is 5. The minimum Gasteiger partial charge on any atom is -0.273 e. The van der Waals surface area contributed by atoms with Crippen LogP contribution in [-0.2, 0) is 9.59 Å². The molecular formula is C22H20N4O2S. The fourth-order valence-electron chi connectivity index (χ4n) is 3.13. The van der Waals surface area contributed by atoms with Gasteiger partial charge in [-0.15, -0.1) is 11.3 Å². The zero-order valence-electron chi connectivity index (χ0n) is 16.2. The average molecular weight is 404 g/mol. The van der Waals surface area contributed by atoms with E-state index in [1.165, 1.54) is 16.3 Å². The Morgan fingerprint density at radius 3 is 2.55 bits per heavy atom. The molecule has 0 aliphatic carbocycles. The molecule has 3 aromatic rings. The third kappa shape index (κ3) is 3.95. The van der Waals surface area contributed by atoms with E-state index in [1.54, 1.807) is 4.90 Å². The van der Waals surface area contributed by atoms with Crippen molar-refractivity contribution in [2.45, 2.75) is 26.7 Å². The van der Waals surface area contributed by atoms with E-state index in [4.69, 9.17) is 0 Å². The molecule has 4 rings (SSSR count). The van der Waals surface area contributed by atoms with Crippen LogP contribution in [0.25, 0.3) is 0 Å². The van der Waals surface area contributed by atoms with Gasteiger partial charge in [-0.1, -0.05) is 30.3 Å². The van der Waals surface area contributed by atoms with Crippen molar-refractivity contribution in [3.8, 4) is 0 Å². The Morgan fingerprint density at radius 1 is 1.07 bits per heavy atom. The molecule has 0 saturated heterocycles. The highest BCUT2D eigenvalue weighted by molar-refractivity contribution is 7.14. The summed E-state index contributed by atoms with van der Waals surface area (Å²) in [5.74, 6) is -0.390. The van der Waals surface area contributed by atoms with Crippen LogP contribution in [0.15, 0.2) is 65.1 Å². The molecule has 0 fully saturated rings. The van der Waals surface area contributed by atoms with Crippen molar-refractivity contribution in [1.82, 2.24) is 4.98 Å². The summed E-state index contributed by atoms with van der Waals surface area (Å²) >= 11 is 1.40. The Balaban J connectivity index is 1.73. The van der Waals surface area contributed by atoms with Crippen LogP contribution in [0.5, 0.6) is 0 Å². The van der Waals surface area contributed by atoms with Gasteiger partial charge < -0.3 is 0 Å². The first-order chi connectivity index (χ1) is 14.0. The second-order valence-electron chi connectivity index (χ2n) is 6.84. The predicted octanol–water partition coefficient (Wildman–Crippen LogP) is 4.61. The maximum Gasteiger partial charge on any atom is 0.280 e. The second kappa shape index (κ2) is 7.97. The van der Waals surface area contributed by atoms with Crippen LogP contribution in [0.2, 0.25) is 0 Å². The molecule has 0 radical (unpaired) electrons. The van der Waals surface area contributed by atoms with E-state index in [2.05, 4.69) is 10.1 Å². The van der Waals surface area contributed by atoms with Gasteiger partial charge in [-0.3, -0.25) is 14.5 Å². The Morgan fingerprint density at radius 2 is 1.86 bits per heavy atom. The minimum atomic E-state index is -0.268. The van der Waals surface area contributed by atoms with Crippen LogP contribution in [0, 0.1) is 13.8 Å². The summed E-state index contributed by atoms with van der Waals surface area (Å²) in [6, 6.07) is 16.9. The average Bonchev–Trinajstić information content (AvgIpc) is 3.15. The lowest BCUT2D eigenvalue weighted by atomic mass is 10.1. The maximum absolute atomic E-state index is 13.5. The SMILES string of the molecule is Cc1cccc(N2N=C(C(=O)N(c3ccccc3)c3nc(C)cs3)CCC2=O)c1. The predicted molar refractivity (Wildman–Crippen MR) is 116 cm³/mol. The van der Waals surface area contributed by atoms with Gasteiger partial charge in [0.05, 0.1) is 17.1 Å². The molecule has 2 amide bonds. The van der Waals surface area contributed by atoms with Crippen molar-refractivity contribution in [2.75, 3.05) is 9.91 Å².